The summed E-state index contributed by atoms with van der Waals surface area (Å²) in [5.74, 6) is -0.734. The third kappa shape index (κ3) is 6.50. The number of hydrogen-bond acceptors (Lipinski definition) is 6. The molecule has 2 N–H and O–H groups in total. The lowest BCUT2D eigenvalue weighted by atomic mass is 9.86. The van der Waals surface area contributed by atoms with Gasteiger partial charge in [0.15, 0.2) is 5.82 Å². The predicted molar refractivity (Wildman–Crippen MR) is 150 cm³/mol. The maximum absolute atomic E-state index is 12.6. The molecule has 1 atom stereocenters. The fourth-order valence-corrected chi connectivity index (χ4v) is 4.73. The molecule has 38 heavy (non-hydrogen) atoms. The molecule has 2 heterocycles. The number of rotatable bonds is 8. The molecule has 2 aromatic carbocycles. The molecule has 0 fully saturated rings. The number of hydrogen-bond donors (Lipinski definition) is 2. The van der Waals surface area contributed by atoms with Gasteiger partial charge in [-0.2, -0.15) is 0 Å². The van der Waals surface area contributed by atoms with Gasteiger partial charge in [-0.05, 0) is 22.1 Å². The Morgan fingerprint density at radius 2 is 1.47 bits per heavy atom. The van der Waals surface area contributed by atoms with E-state index in [1.165, 1.54) is 23.1 Å². The number of thiazole rings is 1. The number of nitrogens with one attached hydrogen (secondary N) is 1. The van der Waals surface area contributed by atoms with Gasteiger partial charge in [0.05, 0.1) is 11.2 Å². The molecule has 0 saturated heterocycles. The molecule has 0 spiro atoms. The van der Waals surface area contributed by atoms with E-state index in [0.29, 0.717) is 10.7 Å². The molecule has 0 unspecified atom stereocenters. The van der Waals surface area contributed by atoms with Crippen molar-refractivity contribution in [2.45, 2.75) is 58.4 Å². The molecule has 0 bridgehead atoms. The Labute approximate surface area is 227 Å². The molecule has 7 nitrogen and oxygen atoms in total. The zero-order valence-corrected chi connectivity index (χ0v) is 23.0. The standard InChI is InChI=1S/C30H32N4O3S/c1-18(2)28-33-17-25(38-28)27(35)34-24(29(36)37)14-19-6-8-21(9-7-19)26-31-15-22(16-32-26)20-10-12-23(13-11-20)30(3,4)5/h6-13,15-18,24H,14H2,1-5H3,(H,34,35)(H,36,37)/t24-/m0/s1. The van der Waals surface area contributed by atoms with Crippen LogP contribution in [0.2, 0.25) is 0 Å². The second kappa shape index (κ2) is 11.2. The molecular formula is C30H32N4O3S. The highest BCUT2D eigenvalue weighted by Gasteiger charge is 2.23. The Balaban J connectivity index is 1.42. The lowest BCUT2D eigenvalue weighted by Gasteiger charge is -2.19. The van der Waals surface area contributed by atoms with Crippen LogP contribution in [0.3, 0.4) is 0 Å². The molecule has 0 radical (unpaired) electrons. The van der Waals surface area contributed by atoms with Crippen molar-refractivity contribution >= 4 is 23.2 Å². The lowest BCUT2D eigenvalue weighted by molar-refractivity contribution is -0.139. The van der Waals surface area contributed by atoms with Gasteiger partial charge in [0.2, 0.25) is 0 Å². The second-order valence-electron chi connectivity index (χ2n) is 10.6. The number of nitrogens with zero attached hydrogens (tertiary/aromatic N) is 3. The normalized spacial score (nSPS) is 12.4. The summed E-state index contributed by atoms with van der Waals surface area (Å²) in [6.07, 6.45) is 5.27. The molecule has 0 aliphatic rings. The number of carbonyl (C=O) groups excluding carboxylic acids is 1. The van der Waals surface area contributed by atoms with Gasteiger partial charge in [-0.3, -0.25) is 4.79 Å². The third-order valence-electron chi connectivity index (χ3n) is 6.23. The number of benzene rings is 2. The molecule has 4 aromatic rings. The smallest absolute Gasteiger partial charge is 0.326 e. The minimum Gasteiger partial charge on any atom is -0.480 e. The SMILES string of the molecule is CC(C)c1ncc(C(=O)N[C@@H](Cc2ccc(-c3ncc(-c4ccc(C(C)(C)C)cc4)cn3)cc2)C(=O)O)s1. The van der Waals surface area contributed by atoms with Crippen molar-refractivity contribution in [1.29, 1.82) is 0 Å². The van der Waals surface area contributed by atoms with Gasteiger partial charge in [-0.1, -0.05) is 83.1 Å². The van der Waals surface area contributed by atoms with Crippen molar-refractivity contribution in [2.24, 2.45) is 0 Å². The average molecular weight is 529 g/mol. The predicted octanol–water partition coefficient (Wildman–Crippen LogP) is 6.11. The average Bonchev–Trinajstić information content (AvgIpc) is 3.40. The van der Waals surface area contributed by atoms with E-state index < -0.39 is 17.9 Å². The molecule has 0 aliphatic heterocycles. The van der Waals surface area contributed by atoms with Crippen LogP contribution in [-0.2, 0) is 16.6 Å². The summed E-state index contributed by atoms with van der Waals surface area (Å²) >= 11 is 1.28. The van der Waals surface area contributed by atoms with E-state index in [2.05, 4.69) is 65.3 Å². The van der Waals surface area contributed by atoms with Gasteiger partial charge in [0, 0.05) is 35.9 Å². The largest absolute Gasteiger partial charge is 0.480 e. The summed E-state index contributed by atoms with van der Waals surface area (Å²) < 4.78 is 0. The van der Waals surface area contributed by atoms with Crippen LogP contribution in [0.1, 0.15) is 66.3 Å². The maximum Gasteiger partial charge on any atom is 0.326 e. The first-order chi connectivity index (χ1) is 18.0. The van der Waals surface area contributed by atoms with Gasteiger partial charge in [0.25, 0.3) is 5.91 Å². The topological polar surface area (TPSA) is 105 Å². The highest BCUT2D eigenvalue weighted by Crippen LogP contribution is 2.26. The van der Waals surface area contributed by atoms with Crippen LogP contribution in [0.25, 0.3) is 22.5 Å². The summed E-state index contributed by atoms with van der Waals surface area (Å²) in [6, 6.07) is 14.8. The first kappa shape index (κ1) is 27.1. The van der Waals surface area contributed by atoms with Crippen molar-refractivity contribution in [3.8, 4) is 22.5 Å². The molecule has 4 rings (SSSR count). The van der Waals surface area contributed by atoms with Crippen LogP contribution in [0.5, 0.6) is 0 Å². The molecule has 196 valence electrons. The number of carboxylic acids is 1. The molecule has 8 heteroatoms. The van der Waals surface area contributed by atoms with E-state index in [-0.39, 0.29) is 17.8 Å². The zero-order valence-electron chi connectivity index (χ0n) is 22.2. The summed E-state index contributed by atoms with van der Waals surface area (Å²) in [6.45, 7) is 10.6. The van der Waals surface area contributed by atoms with Gasteiger partial charge >= 0.3 is 5.97 Å². The molecule has 2 aromatic heterocycles. The summed E-state index contributed by atoms with van der Waals surface area (Å²) in [7, 11) is 0. The van der Waals surface area contributed by atoms with E-state index in [9.17, 15) is 14.7 Å². The van der Waals surface area contributed by atoms with Gasteiger partial charge in [0.1, 0.15) is 10.9 Å². The van der Waals surface area contributed by atoms with Crippen molar-refractivity contribution in [2.75, 3.05) is 0 Å². The zero-order chi connectivity index (χ0) is 27.4. The molecule has 0 aliphatic carbocycles. The minimum absolute atomic E-state index is 0.0974. The highest BCUT2D eigenvalue weighted by atomic mass is 32.1. The second-order valence-corrected chi connectivity index (χ2v) is 11.7. The van der Waals surface area contributed by atoms with E-state index in [1.807, 2.05) is 50.5 Å². The number of aliphatic carboxylic acids is 1. The van der Waals surface area contributed by atoms with Crippen LogP contribution in [-0.4, -0.2) is 38.0 Å². The van der Waals surface area contributed by atoms with Crippen LogP contribution in [0.15, 0.2) is 67.1 Å². The maximum atomic E-state index is 12.6. The van der Waals surface area contributed by atoms with Gasteiger partial charge < -0.3 is 10.4 Å². The van der Waals surface area contributed by atoms with Crippen LogP contribution < -0.4 is 5.32 Å². The van der Waals surface area contributed by atoms with Crippen LogP contribution in [0.4, 0.5) is 0 Å². The first-order valence-corrected chi connectivity index (χ1v) is 13.3. The van der Waals surface area contributed by atoms with E-state index in [1.54, 1.807) is 0 Å². The summed E-state index contributed by atoms with van der Waals surface area (Å²) in [4.78, 5) is 38.2. The Morgan fingerprint density at radius 3 is 2.00 bits per heavy atom. The third-order valence-corrected chi connectivity index (χ3v) is 7.53. The number of amides is 1. The van der Waals surface area contributed by atoms with Crippen molar-refractivity contribution in [1.82, 2.24) is 20.3 Å². The Kier molecular flexibility index (Phi) is 8.02. The van der Waals surface area contributed by atoms with Crippen LogP contribution in [0, 0.1) is 0 Å². The van der Waals surface area contributed by atoms with Crippen molar-refractivity contribution < 1.29 is 14.7 Å². The number of carbonyl (C=O) groups is 2. The summed E-state index contributed by atoms with van der Waals surface area (Å²) in [5, 5.41) is 13.1. The fraction of sp³-hybridized carbons (Fsp3) is 0.300. The van der Waals surface area contributed by atoms with Crippen LogP contribution >= 0.6 is 11.3 Å². The highest BCUT2D eigenvalue weighted by molar-refractivity contribution is 7.13. The Morgan fingerprint density at radius 1 is 0.868 bits per heavy atom. The van der Waals surface area contributed by atoms with Gasteiger partial charge in [-0.15, -0.1) is 11.3 Å². The van der Waals surface area contributed by atoms with E-state index in [4.69, 9.17) is 0 Å². The number of aromatic nitrogens is 3. The Hall–Kier alpha value is -3.91. The number of carboxylic acid groups (broad SMARTS) is 1. The fourth-order valence-electron chi connectivity index (χ4n) is 3.90. The minimum atomic E-state index is -1.09. The molecule has 1 amide bonds. The van der Waals surface area contributed by atoms with Crippen molar-refractivity contribution in [3.63, 3.8) is 0 Å². The summed E-state index contributed by atoms with van der Waals surface area (Å²) in [5.41, 5.74) is 4.97. The monoisotopic (exact) mass is 528 g/mol. The van der Waals surface area contributed by atoms with E-state index in [0.717, 1.165) is 27.3 Å². The lowest BCUT2D eigenvalue weighted by Crippen LogP contribution is -2.42. The van der Waals surface area contributed by atoms with Crippen molar-refractivity contribution in [3.05, 3.63) is 88.1 Å². The van der Waals surface area contributed by atoms with E-state index >= 15 is 0 Å². The molecule has 0 saturated carbocycles. The van der Waals surface area contributed by atoms with Gasteiger partial charge in [-0.25, -0.2) is 19.7 Å². The Bertz CT molecular complexity index is 1400. The molecular weight excluding hydrogens is 496 g/mol. The quantitative estimate of drug-likeness (QED) is 0.286. The first-order valence-electron chi connectivity index (χ1n) is 12.5.